The Morgan fingerprint density at radius 3 is 2.54 bits per heavy atom. The molecule has 7 nitrogen and oxygen atoms in total. The van der Waals surface area contributed by atoms with E-state index in [1.807, 2.05) is 0 Å². The van der Waals surface area contributed by atoms with Crippen molar-refractivity contribution in [1.29, 1.82) is 0 Å². The van der Waals surface area contributed by atoms with Crippen LogP contribution in [0, 0.1) is 5.82 Å². The van der Waals surface area contributed by atoms with Crippen LogP contribution >= 0.6 is 11.6 Å². The molecule has 0 fully saturated rings. The molecule has 1 aliphatic heterocycles. The van der Waals surface area contributed by atoms with Crippen LogP contribution in [0.1, 0.15) is 17.5 Å². The first-order valence-electron chi connectivity index (χ1n) is 10.6. The van der Waals surface area contributed by atoms with Crippen molar-refractivity contribution in [2.45, 2.75) is 30.2 Å². The number of rotatable bonds is 7. The fourth-order valence-electron chi connectivity index (χ4n) is 3.71. The highest BCUT2D eigenvalue weighted by molar-refractivity contribution is 7.92. The number of sulfonamides is 1. The lowest BCUT2D eigenvalue weighted by Gasteiger charge is -2.35. The lowest BCUT2D eigenvalue weighted by Crippen LogP contribution is -2.44. The van der Waals surface area contributed by atoms with Gasteiger partial charge < -0.3 is 14.6 Å². The van der Waals surface area contributed by atoms with E-state index in [1.54, 1.807) is 0 Å². The second-order valence-electron chi connectivity index (χ2n) is 8.04. The van der Waals surface area contributed by atoms with Gasteiger partial charge in [0.15, 0.2) is 11.6 Å². The van der Waals surface area contributed by atoms with Crippen molar-refractivity contribution in [1.82, 2.24) is 0 Å². The molecule has 37 heavy (non-hydrogen) atoms. The zero-order valence-electron chi connectivity index (χ0n) is 18.7. The third-order valence-electron chi connectivity index (χ3n) is 5.41. The maximum atomic E-state index is 14.1. The zero-order chi connectivity index (χ0) is 27.0. The van der Waals surface area contributed by atoms with E-state index in [9.17, 15) is 35.9 Å². The second-order valence-corrected chi connectivity index (χ2v) is 10.3. The molecule has 0 saturated heterocycles. The highest BCUT2D eigenvalue weighted by atomic mass is 35.5. The van der Waals surface area contributed by atoms with Gasteiger partial charge in [-0.05, 0) is 48.0 Å². The molecule has 0 aromatic heterocycles. The SMILES string of the molecule is O=C(O)C[C@H]1CN(S(=O)(=O)c2cccc(C(F)(F)F)c2)c2cc(COc3c(F)cccc3Cl)ccc2O1. The van der Waals surface area contributed by atoms with Crippen LogP contribution in [0.15, 0.2) is 65.6 Å². The van der Waals surface area contributed by atoms with Gasteiger partial charge in [-0.3, -0.25) is 9.10 Å². The predicted molar refractivity (Wildman–Crippen MR) is 125 cm³/mol. The average Bonchev–Trinajstić information content (AvgIpc) is 2.82. The van der Waals surface area contributed by atoms with Gasteiger partial charge >= 0.3 is 12.1 Å². The quantitative estimate of drug-likeness (QED) is 0.384. The number of hydrogen-bond donors (Lipinski definition) is 1. The standard InChI is InChI=1S/C24H18ClF4NO6S/c25-18-5-2-6-19(26)23(18)35-13-14-7-8-21-20(9-14)30(12-16(36-21)11-22(31)32)37(33,34)17-4-1-3-15(10-17)24(27,28)29/h1-10,16H,11-13H2,(H,31,32)/t16-/m0/s1. The van der Waals surface area contributed by atoms with Crippen LogP contribution in [0.3, 0.4) is 0 Å². The van der Waals surface area contributed by atoms with Crippen LogP contribution in [0.4, 0.5) is 23.2 Å². The van der Waals surface area contributed by atoms with Gasteiger partial charge in [0.05, 0.1) is 34.1 Å². The number of carboxylic acids is 1. The smallest absolute Gasteiger partial charge is 0.416 e. The highest BCUT2D eigenvalue weighted by Crippen LogP contribution is 2.40. The van der Waals surface area contributed by atoms with E-state index in [4.69, 9.17) is 21.1 Å². The van der Waals surface area contributed by atoms with Gasteiger partial charge in [0.1, 0.15) is 18.5 Å². The minimum Gasteiger partial charge on any atom is -0.486 e. The number of fused-ring (bicyclic) bond motifs is 1. The number of hydrogen-bond acceptors (Lipinski definition) is 5. The monoisotopic (exact) mass is 559 g/mol. The molecule has 3 aromatic rings. The largest absolute Gasteiger partial charge is 0.486 e. The number of halogens is 5. The molecule has 1 N–H and O–H groups in total. The molecule has 0 aliphatic carbocycles. The van der Waals surface area contributed by atoms with Crippen LogP contribution in [0.25, 0.3) is 0 Å². The first-order valence-corrected chi connectivity index (χ1v) is 12.5. The van der Waals surface area contributed by atoms with Crippen LogP contribution in [0.2, 0.25) is 5.02 Å². The summed E-state index contributed by atoms with van der Waals surface area (Å²) in [6, 6.07) is 11.4. The number of para-hydroxylation sites is 1. The average molecular weight is 560 g/mol. The molecule has 4 rings (SSSR count). The molecular formula is C24H18ClF4NO6S. The molecule has 1 heterocycles. The van der Waals surface area contributed by atoms with Crippen LogP contribution < -0.4 is 13.8 Å². The number of carbonyl (C=O) groups is 1. The maximum Gasteiger partial charge on any atom is 0.416 e. The van der Waals surface area contributed by atoms with Crippen molar-refractivity contribution in [2.75, 3.05) is 10.8 Å². The predicted octanol–water partition coefficient (Wildman–Crippen LogP) is 5.51. The first-order chi connectivity index (χ1) is 17.4. The normalized spacial score (nSPS) is 15.6. The number of anilines is 1. The first kappa shape index (κ1) is 26.6. The minimum atomic E-state index is -4.78. The molecule has 1 aliphatic rings. The van der Waals surface area contributed by atoms with Crippen LogP contribution in [-0.4, -0.2) is 32.1 Å². The Kier molecular flexibility index (Phi) is 7.24. The summed E-state index contributed by atoms with van der Waals surface area (Å²) >= 11 is 5.96. The molecule has 0 spiro atoms. The van der Waals surface area contributed by atoms with Gasteiger partial charge in [0.2, 0.25) is 0 Å². The molecular weight excluding hydrogens is 542 g/mol. The Hall–Kier alpha value is -3.51. The second kappa shape index (κ2) is 10.1. The van der Waals surface area contributed by atoms with E-state index in [0.717, 1.165) is 28.6 Å². The Labute approximate surface area is 213 Å². The molecule has 0 unspecified atom stereocenters. The van der Waals surface area contributed by atoms with E-state index in [0.29, 0.717) is 11.6 Å². The summed E-state index contributed by atoms with van der Waals surface area (Å²) in [5.74, 6) is -2.18. The molecule has 13 heteroatoms. The summed E-state index contributed by atoms with van der Waals surface area (Å²) in [5.41, 5.74) is -0.838. The molecule has 1 atom stereocenters. The number of carboxylic acid groups (broad SMARTS) is 1. The van der Waals surface area contributed by atoms with Gasteiger partial charge in [-0.2, -0.15) is 13.2 Å². The van der Waals surface area contributed by atoms with Crippen LogP contribution in [-0.2, 0) is 27.6 Å². The van der Waals surface area contributed by atoms with Crippen LogP contribution in [0.5, 0.6) is 11.5 Å². The summed E-state index contributed by atoms with van der Waals surface area (Å²) in [4.78, 5) is 10.6. The summed E-state index contributed by atoms with van der Waals surface area (Å²) in [7, 11) is -4.59. The van der Waals surface area contributed by atoms with Gasteiger partial charge in [-0.15, -0.1) is 0 Å². The third kappa shape index (κ3) is 5.75. The van der Waals surface area contributed by atoms with E-state index in [2.05, 4.69) is 0 Å². The Morgan fingerprint density at radius 1 is 1.14 bits per heavy atom. The van der Waals surface area contributed by atoms with Crippen molar-refractivity contribution in [3.05, 3.63) is 82.6 Å². The van der Waals surface area contributed by atoms with Gasteiger partial charge in [0, 0.05) is 0 Å². The maximum absolute atomic E-state index is 14.1. The number of nitrogens with zero attached hydrogens (tertiary/aromatic N) is 1. The topological polar surface area (TPSA) is 93.1 Å². The zero-order valence-corrected chi connectivity index (χ0v) is 20.3. The molecule has 0 radical (unpaired) electrons. The number of benzene rings is 3. The number of alkyl halides is 3. The summed E-state index contributed by atoms with van der Waals surface area (Å²) < 4.78 is 92.7. The van der Waals surface area contributed by atoms with E-state index in [-0.39, 0.29) is 28.8 Å². The van der Waals surface area contributed by atoms with Gasteiger partial charge in [0.25, 0.3) is 10.0 Å². The molecule has 196 valence electrons. The summed E-state index contributed by atoms with van der Waals surface area (Å²) in [6.07, 6.45) is -6.44. The molecule has 3 aromatic carbocycles. The minimum absolute atomic E-state index is 0.000671. The van der Waals surface area contributed by atoms with Crippen molar-refractivity contribution < 1.29 is 45.4 Å². The molecule has 0 amide bonds. The van der Waals surface area contributed by atoms with Crippen molar-refractivity contribution in [3.8, 4) is 11.5 Å². The lowest BCUT2D eigenvalue weighted by molar-refractivity contribution is -0.139. The van der Waals surface area contributed by atoms with Gasteiger partial charge in [-0.25, -0.2) is 12.8 Å². The van der Waals surface area contributed by atoms with E-state index in [1.165, 1.54) is 30.3 Å². The van der Waals surface area contributed by atoms with E-state index < -0.39 is 57.5 Å². The Balaban J connectivity index is 1.72. The van der Waals surface area contributed by atoms with E-state index >= 15 is 0 Å². The van der Waals surface area contributed by atoms with Crippen molar-refractivity contribution in [2.24, 2.45) is 0 Å². The number of aliphatic carboxylic acids is 1. The van der Waals surface area contributed by atoms with Gasteiger partial charge in [-0.1, -0.05) is 29.8 Å². The highest BCUT2D eigenvalue weighted by Gasteiger charge is 2.37. The summed E-state index contributed by atoms with van der Waals surface area (Å²) in [5, 5.41) is 9.20. The molecule has 0 bridgehead atoms. The third-order valence-corrected chi connectivity index (χ3v) is 7.48. The van der Waals surface area contributed by atoms with Crippen molar-refractivity contribution in [3.63, 3.8) is 0 Å². The van der Waals surface area contributed by atoms with Crippen molar-refractivity contribution >= 4 is 33.3 Å². The fourth-order valence-corrected chi connectivity index (χ4v) is 5.47. The number of ether oxygens (including phenoxy) is 2. The Bertz CT molecular complexity index is 1430. The Morgan fingerprint density at radius 2 is 1.86 bits per heavy atom. The summed E-state index contributed by atoms with van der Waals surface area (Å²) in [6.45, 7) is -0.703. The fraction of sp³-hybridized carbons (Fsp3) is 0.208. The lowest BCUT2D eigenvalue weighted by atomic mass is 10.1. The molecule has 0 saturated carbocycles.